The topological polar surface area (TPSA) is 38.5 Å². The molecule has 20 heavy (non-hydrogen) atoms. The smallest absolute Gasteiger partial charge is 0.103 e. The number of benzene rings is 1. The Hall–Kier alpha value is -0.970. The summed E-state index contributed by atoms with van der Waals surface area (Å²) in [4.78, 5) is 2.91. The minimum atomic E-state index is 0.408. The molecular formula is C16H24N2OS. The predicted octanol–water partition coefficient (Wildman–Crippen LogP) is 2.63. The molecule has 3 nitrogen and oxygen atoms in total. The van der Waals surface area contributed by atoms with Gasteiger partial charge in [0.2, 0.25) is 0 Å². The largest absolute Gasteiger partial charge is 0.389 e. The molecule has 0 saturated carbocycles. The van der Waals surface area contributed by atoms with Crippen molar-refractivity contribution in [1.29, 1.82) is 0 Å². The van der Waals surface area contributed by atoms with Gasteiger partial charge in [0.1, 0.15) is 4.99 Å². The third-order valence-electron chi connectivity index (χ3n) is 3.95. The summed E-state index contributed by atoms with van der Waals surface area (Å²) in [6.07, 6.45) is 2.80. The van der Waals surface area contributed by atoms with Gasteiger partial charge in [0.25, 0.3) is 0 Å². The molecule has 2 N–H and O–H groups in total. The van der Waals surface area contributed by atoms with Crippen LogP contribution in [-0.2, 0) is 11.3 Å². The van der Waals surface area contributed by atoms with Gasteiger partial charge in [-0.2, -0.15) is 0 Å². The minimum absolute atomic E-state index is 0.408. The van der Waals surface area contributed by atoms with Crippen LogP contribution in [0.25, 0.3) is 0 Å². The van der Waals surface area contributed by atoms with Crippen LogP contribution in [0.1, 0.15) is 36.5 Å². The van der Waals surface area contributed by atoms with Gasteiger partial charge in [0.05, 0.1) is 6.10 Å². The molecule has 2 rings (SSSR count). The van der Waals surface area contributed by atoms with E-state index in [1.54, 1.807) is 0 Å². The predicted molar refractivity (Wildman–Crippen MR) is 87.0 cm³/mol. The lowest BCUT2D eigenvalue weighted by Gasteiger charge is -2.24. The van der Waals surface area contributed by atoms with Gasteiger partial charge < -0.3 is 10.5 Å². The second kappa shape index (κ2) is 7.16. The quantitative estimate of drug-likeness (QED) is 0.818. The van der Waals surface area contributed by atoms with Crippen LogP contribution in [0.2, 0.25) is 0 Å². The molecule has 0 spiro atoms. The van der Waals surface area contributed by atoms with Crippen molar-refractivity contribution in [2.75, 3.05) is 19.7 Å². The van der Waals surface area contributed by atoms with E-state index in [0.717, 1.165) is 31.8 Å². The second-order valence-corrected chi connectivity index (χ2v) is 5.91. The minimum Gasteiger partial charge on any atom is -0.389 e. The summed E-state index contributed by atoms with van der Waals surface area (Å²) in [7, 11) is 0. The number of ether oxygens (including phenoxy) is 1. The van der Waals surface area contributed by atoms with Crippen LogP contribution in [0.5, 0.6) is 0 Å². The standard InChI is InChI=1S/C16H24N2OS/c1-3-18(11-15-5-4-8-19-15)10-14-7-6-13(16(17)20)9-12(14)2/h6-7,9,15H,3-5,8,10-11H2,1-2H3,(H2,17,20). The molecule has 1 aliphatic heterocycles. The first-order valence-corrected chi connectivity index (χ1v) is 7.74. The first-order chi connectivity index (χ1) is 9.60. The lowest BCUT2D eigenvalue weighted by Crippen LogP contribution is -2.31. The molecule has 0 aromatic heterocycles. The van der Waals surface area contributed by atoms with Crippen molar-refractivity contribution in [1.82, 2.24) is 4.90 Å². The number of hydrogen-bond acceptors (Lipinski definition) is 3. The van der Waals surface area contributed by atoms with E-state index in [2.05, 4.69) is 30.9 Å². The molecule has 1 aromatic carbocycles. The number of aryl methyl sites for hydroxylation is 1. The van der Waals surface area contributed by atoms with Crippen molar-refractivity contribution >= 4 is 17.2 Å². The van der Waals surface area contributed by atoms with Crippen molar-refractivity contribution in [3.05, 3.63) is 34.9 Å². The van der Waals surface area contributed by atoms with Crippen LogP contribution < -0.4 is 5.73 Å². The van der Waals surface area contributed by atoms with E-state index < -0.39 is 0 Å². The van der Waals surface area contributed by atoms with Gasteiger partial charge in [0, 0.05) is 25.3 Å². The number of hydrogen-bond donors (Lipinski definition) is 1. The van der Waals surface area contributed by atoms with Gasteiger partial charge in [-0.15, -0.1) is 0 Å². The molecule has 110 valence electrons. The molecular weight excluding hydrogens is 268 g/mol. The zero-order valence-electron chi connectivity index (χ0n) is 12.4. The lowest BCUT2D eigenvalue weighted by atomic mass is 10.0. The summed E-state index contributed by atoms with van der Waals surface area (Å²) in [5.41, 5.74) is 9.21. The molecule has 0 radical (unpaired) electrons. The van der Waals surface area contributed by atoms with E-state index in [-0.39, 0.29) is 0 Å². The van der Waals surface area contributed by atoms with Crippen LogP contribution in [-0.4, -0.2) is 35.7 Å². The number of nitrogens with two attached hydrogens (primary N) is 1. The average Bonchev–Trinajstić information content (AvgIpc) is 2.92. The van der Waals surface area contributed by atoms with Crippen molar-refractivity contribution in [3.63, 3.8) is 0 Å². The summed E-state index contributed by atoms with van der Waals surface area (Å²) < 4.78 is 5.73. The van der Waals surface area contributed by atoms with E-state index in [1.165, 1.54) is 24.0 Å². The Bertz CT molecular complexity index is 470. The molecule has 0 aliphatic carbocycles. The summed E-state index contributed by atoms with van der Waals surface area (Å²) in [6, 6.07) is 6.24. The van der Waals surface area contributed by atoms with E-state index in [4.69, 9.17) is 22.7 Å². The van der Waals surface area contributed by atoms with Crippen LogP contribution >= 0.6 is 12.2 Å². The molecule has 1 atom stereocenters. The Balaban J connectivity index is 2.01. The highest BCUT2D eigenvalue weighted by Gasteiger charge is 2.18. The third kappa shape index (κ3) is 4.01. The van der Waals surface area contributed by atoms with E-state index in [1.807, 2.05) is 6.07 Å². The number of thiocarbonyl (C=S) groups is 1. The average molecular weight is 292 g/mol. The normalized spacial score (nSPS) is 18.6. The fourth-order valence-corrected chi connectivity index (χ4v) is 2.78. The molecule has 1 saturated heterocycles. The summed E-state index contributed by atoms with van der Waals surface area (Å²) in [5, 5.41) is 0. The molecule has 0 bridgehead atoms. The van der Waals surface area contributed by atoms with E-state index in [9.17, 15) is 0 Å². The molecule has 1 aromatic rings. The second-order valence-electron chi connectivity index (χ2n) is 5.47. The Morgan fingerprint density at radius 3 is 2.85 bits per heavy atom. The van der Waals surface area contributed by atoms with Crippen molar-refractivity contribution in [2.24, 2.45) is 5.73 Å². The van der Waals surface area contributed by atoms with Gasteiger partial charge in [0.15, 0.2) is 0 Å². The third-order valence-corrected chi connectivity index (χ3v) is 4.19. The van der Waals surface area contributed by atoms with Gasteiger partial charge >= 0.3 is 0 Å². The molecule has 1 unspecified atom stereocenters. The Morgan fingerprint density at radius 2 is 2.30 bits per heavy atom. The number of likely N-dealkylation sites (N-methyl/N-ethyl adjacent to an activating group) is 1. The van der Waals surface area contributed by atoms with Gasteiger partial charge in [-0.3, -0.25) is 4.90 Å². The number of nitrogens with zero attached hydrogens (tertiary/aromatic N) is 1. The first kappa shape index (κ1) is 15.4. The summed E-state index contributed by atoms with van der Waals surface area (Å²) in [6.45, 7) is 8.26. The maximum Gasteiger partial charge on any atom is 0.103 e. The van der Waals surface area contributed by atoms with Gasteiger partial charge in [-0.25, -0.2) is 0 Å². The molecule has 4 heteroatoms. The van der Waals surface area contributed by atoms with Crippen molar-refractivity contribution in [2.45, 2.75) is 39.3 Å². The lowest BCUT2D eigenvalue weighted by molar-refractivity contribution is 0.0724. The molecule has 1 aliphatic rings. The molecule has 1 heterocycles. The Labute approximate surface area is 127 Å². The van der Waals surface area contributed by atoms with Gasteiger partial charge in [-0.05, 0) is 43.5 Å². The fourth-order valence-electron chi connectivity index (χ4n) is 2.65. The molecule has 0 amide bonds. The summed E-state index contributed by atoms with van der Waals surface area (Å²) in [5.74, 6) is 0. The first-order valence-electron chi connectivity index (χ1n) is 7.33. The van der Waals surface area contributed by atoms with Crippen molar-refractivity contribution in [3.8, 4) is 0 Å². The zero-order valence-corrected chi connectivity index (χ0v) is 13.2. The Morgan fingerprint density at radius 1 is 1.50 bits per heavy atom. The van der Waals surface area contributed by atoms with E-state index >= 15 is 0 Å². The van der Waals surface area contributed by atoms with Crippen LogP contribution in [0.3, 0.4) is 0 Å². The Kier molecular flexibility index (Phi) is 5.52. The monoisotopic (exact) mass is 292 g/mol. The highest BCUT2D eigenvalue weighted by Crippen LogP contribution is 2.17. The van der Waals surface area contributed by atoms with E-state index in [0.29, 0.717) is 11.1 Å². The maximum absolute atomic E-state index is 5.73. The van der Waals surface area contributed by atoms with Crippen LogP contribution in [0.15, 0.2) is 18.2 Å². The highest BCUT2D eigenvalue weighted by atomic mass is 32.1. The van der Waals surface area contributed by atoms with Crippen LogP contribution in [0, 0.1) is 6.92 Å². The fraction of sp³-hybridized carbons (Fsp3) is 0.562. The maximum atomic E-state index is 5.73. The van der Waals surface area contributed by atoms with Crippen LogP contribution in [0.4, 0.5) is 0 Å². The SMILES string of the molecule is CCN(Cc1ccc(C(N)=S)cc1C)CC1CCCO1. The summed E-state index contributed by atoms with van der Waals surface area (Å²) >= 11 is 5.02. The highest BCUT2D eigenvalue weighted by molar-refractivity contribution is 7.80. The van der Waals surface area contributed by atoms with Crippen molar-refractivity contribution < 1.29 is 4.74 Å². The van der Waals surface area contributed by atoms with Gasteiger partial charge in [-0.1, -0.05) is 31.3 Å². The number of rotatable bonds is 6. The molecule has 1 fully saturated rings. The zero-order chi connectivity index (χ0) is 14.5.